The molecule has 0 fully saturated rings. The van der Waals surface area contributed by atoms with Crippen LogP contribution in [0.15, 0.2) is 24.3 Å². The molecule has 0 saturated heterocycles. The van der Waals surface area contributed by atoms with Gasteiger partial charge in [0.25, 0.3) is 5.91 Å². The van der Waals surface area contributed by atoms with Gasteiger partial charge in [0.15, 0.2) is 0 Å². The van der Waals surface area contributed by atoms with Crippen molar-refractivity contribution in [2.45, 2.75) is 38.6 Å². The van der Waals surface area contributed by atoms with Crippen molar-refractivity contribution in [3.8, 4) is 0 Å². The van der Waals surface area contributed by atoms with E-state index in [0.29, 0.717) is 18.0 Å². The number of nitrogens with zero attached hydrogens (tertiary/aromatic N) is 3. The van der Waals surface area contributed by atoms with E-state index in [1.165, 1.54) is 22.5 Å². The highest BCUT2D eigenvalue weighted by Crippen LogP contribution is 2.35. The van der Waals surface area contributed by atoms with Crippen molar-refractivity contribution in [2.75, 3.05) is 13.2 Å². The van der Waals surface area contributed by atoms with E-state index in [0.717, 1.165) is 24.3 Å². The Kier molecular flexibility index (Phi) is 5.03. The van der Waals surface area contributed by atoms with E-state index in [-0.39, 0.29) is 18.6 Å². The Morgan fingerprint density at radius 2 is 2.22 bits per heavy atom. The van der Waals surface area contributed by atoms with Crippen LogP contribution in [-0.2, 0) is 6.42 Å². The second-order valence-corrected chi connectivity index (χ2v) is 6.99. The van der Waals surface area contributed by atoms with Crippen LogP contribution in [-0.4, -0.2) is 39.3 Å². The van der Waals surface area contributed by atoms with Gasteiger partial charge in [-0.3, -0.25) is 4.79 Å². The number of aliphatic hydroxyl groups excluding tert-OH is 1. The summed E-state index contributed by atoms with van der Waals surface area (Å²) in [6, 6.07) is 8.40. The maximum Gasteiger partial charge on any atom is 0.285 e. The number of fused-ring (bicyclic) bond motifs is 1. The van der Waals surface area contributed by atoms with Gasteiger partial charge >= 0.3 is 0 Å². The Hall–Kier alpha value is -1.79. The Morgan fingerprint density at radius 3 is 2.96 bits per heavy atom. The molecule has 0 bridgehead atoms. The SMILES string of the molecule is Cc1nnc(C(=O)N(CCCO)C2CCCc3ccccc32)s1. The molecule has 0 spiro atoms. The van der Waals surface area contributed by atoms with Crippen molar-refractivity contribution in [2.24, 2.45) is 0 Å². The second kappa shape index (κ2) is 7.19. The molecule has 122 valence electrons. The molecule has 0 aliphatic heterocycles. The lowest BCUT2D eigenvalue weighted by Gasteiger charge is -2.35. The zero-order valence-corrected chi connectivity index (χ0v) is 14.1. The number of aryl methyl sites for hydroxylation is 2. The number of hydrogen-bond donors (Lipinski definition) is 1. The zero-order chi connectivity index (χ0) is 16.2. The summed E-state index contributed by atoms with van der Waals surface area (Å²) in [6.07, 6.45) is 3.65. The number of benzene rings is 1. The minimum absolute atomic E-state index is 0.0585. The highest BCUT2D eigenvalue weighted by molar-refractivity contribution is 7.13. The van der Waals surface area contributed by atoms with E-state index < -0.39 is 0 Å². The molecule has 6 heteroatoms. The molecule has 2 aromatic rings. The van der Waals surface area contributed by atoms with Gasteiger partial charge in [-0.1, -0.05) is 35.6 Å². The number of carbonyl (C=O) groups excluding carboxylic acids is 1. The highest BCUT2D eigenvalue weighted by Gasteiger charge is 2.30. The first-order chi connectivity index (χ1) is 11.2. The fraction of sp³-hybridized carbons (Fsp3) is 0.471. The van der Waals surface area contributed by atoms with E-state index >= 15 is 0 Å². The van der Waals surface area contributed by atoms with Crippen molar-refractivity contribution < 1.29 is 9.90 Å². The first kappa shape index (κ1) is 16.1. The van der Waals surface area contributed by atoms with Gasteiger partial charge in [0.2, 0.25) is 5.01 Å². The molecular weight excluding hydrogens is 310 g/mol. The van der Waals surface area contributed by atoms with E-state index in [1.54, 1.807) is 0 Å². The minimum atomic E-state index is -0.0780. The molecule has 1 heterocycles. The number of aliphatic hydroxyl groups is 1. The molecule has 1 amide bonds. The molecular formula is C17H21N3O2S. The molecule has 5 nitrogen and oxygen atoms in total. The van der Waals surface area contributed by atoms with Gasteiger partial charge in [-0.25, -0.2) is 0 Å². The predicted octanol–water partition coefficient (Wildman–Crippen LogP) is 2.75. The van der Waals surface area contributed by atoms with Crippen molar-refractivity contribution in [1.29, 1.82) is 0 Å². The van der Waals surface area contributed by atoms with Crippen LogP contribution in [0, 0.1) is 6.92 Å². The number of aromatic nitrogens is 2. The zero-order valence-electron chi connectivity index (χ0n) is 13.2. The monoisotopic (exact) mass is 331 g/mol. The Morgan fingerprint density at radius 1 is 1.39 bits per heavy atom. The van der Waals surface area contributed by atoms with Crippen LogP contribution in [0.1, 0.15) is 51.2 Å². The molecule has 1 N–H and O–H groups in total. The first-order valence-corrected chi connectivity index (χ1v) is 8.82. The normalized spacial score (nSPS) is 16.9. The van der Waals surface area contributed by atoms with Crippen molar-refractivity contribution >= 4 is 17.2 Å². The third kappa shape index (κ3) is 3.43. The summed E-state index contributed by atoms with van der Waals surface area (Å²) in [5.41, 5.74) is 2.55. The van der Waals surface area contributed by atoms with Gasteiger partial charge in [-0.05, 0) is 43.7 Å². The van der Waals surface area contributed by atoms with E-state index in [2.05, 4.69) is 28.4 Å². The standard InChI is InChI=1S/C17H21N3O2S/c1-12-18-19-16(23-12)17(22)20(10-5-11-21)15-9-4-7-13-6-2-3-8-14(13)15/h2-3,6,8,15,21H,4-5,7,9-11H2,1H3. The van der Waals surface area contributed by atoms with E-state index in [4.69, 9.17) is 0 Å². The molecule has 1 aliphatic carbocycles. The van der Waals surface area contributed by atoms with Crippen molar-refractivity contribution in [3.63, 3.8) is 0 Å². The summed E-state index contributed by atoms with van der Waals surface area (Å²) in [7, 11) is 0. The summed E-state index contributed by atoms with van der Waals surface area (Å²) in [5.74, 6) is -0.0780. The third-order valence-electron chi connectivity index (χ3n) is 4.24. The maximum atomic E-state index is 12.9. The lowest BCUT2D eigenvalue weighted by molar-refractivity contribution is 0.0640. The van der Waals surface area contributed by atoms with Crippen LogP contribution >= 0.6 is 11.3 Å². The third-order valence-corrected chi connectivity index (χ3v) is 5.07. The average Bonchev–Trinajstić information content (AvgIpc) is 3.01. The van der Waals surface area contributed by atoms with Gasteiger partial charge in [0.1, 0.15) is 5.01 Å². The molecule has 0 radical (unpaired) electrons. The van der Waals surface area contributed by atoms with Crippen molar-refractivity contribution in [1.82, 2.24) is 15.1 Å². The molecule has 1 aromatic carbocycles. The Labute approximate surface area is 140 Å². The topological polar surface area (TPSA) is 66.3 Å². The quantitative estimate of drug-likeness (QED) is 0.915. The molecule has 1 aliphatic rings. The summed E-state index contributed by atoms with van der Waals surface area (Å²) >= 11 is 1.33. The fourth-order valence-electron chi connectivity index (χ4n) is 3.20. The summed E-state index contributed by atoms with van der Waals surface area (Å²) in [4.78, 5) is 14.8. The number of hydrogen-bond acceptors (Lipinski definition) is 5. The lowest BCUT2D eigenvalue weighted by Crippen LogP contribution is -2.37. The maximum absolute atomic E-state index is 12.9. The van der Waals surface area contributed by atoms with Gasteiger partial charge in [0.05, 0.1) is 6.04 Å². The molecule has 3 rings (SSSR count). The number of carbonyl (C=O) groups is 1. The van der Waals surface area contributed by atoms with Crippen LogP contribution in [0.5, 0.6) is 0 Å². The lowest BCUT2D eigenvalue weighted by atomic mass is 9.86. The largest absolute Gasteiger partial charge is 0.396 e. The van der Waals surface area contributed by atoms with Gasteiger partial charge < -0.3 is 10.0 Å². The molecule has 1 atom stereocenters. The van der Waals surface area contributed by atoms with Crippen LogP contribution in [0.4, 0.5) is 0 Å². The van der Waals surface area contributed by atoms with Crippen LogP contribution < -0.4 is 0 Å². The molecule has 23 heavy (non-hydrogen) atoms. The van der Waals surface area contributed by atoms with E-state index in [9.17, 15) is 9.90 Å². The molecule has 0 saturated carbocycles. The van der Waals surface area contributed by atoms with Gasteiger partial charge in [-0.15, -0.1) is 10.2 Å². The van der Waals surface area contributed by atoms with E-state index in [1.807, 2.05) is 17.9 Å². The predicted molar refractivity (Wildman–Crippen MR) is 89.5 cm³/mol. The molecule has 1 aromatic heterocycles. The highest BCUT2D eigenvalue weighted by atomic mass is 32.1. The van der Waals surface area contributed by atoms with Crippen molar-refractivity contribution in [3.05, 3.63) is 45.4 Å². The smallest absolute Gasteiger partial charge is 0.285 e. The fourth-order valence-corrected chi connectivity index (χ4v) is 3.85. The summed E-state index contributed by atoms with van der Waals surface area (Å²) < 4.78 is 0. The summed E-state index contributed by atoms with van der Waals surface area (Å²) in [6.45, 7) is 2.46. The van der Waals surface area contributed by atoms with Gasteiger partial charge in [-0.2, -0.15) is 0 Å². The van der Waals surface area contributed by atoms with Crippen LogP contribution in [0.3, 0.4) is 0 Å². The second-order valence-electron chi connectivity index (χ2n) is 5.81. The Bertz CT molecular complexity index is 686. The number of rotatable bonds is 5. The number of amides is 1. The Balaban J connectivity index is 1.92. The van der Waals surface area contributed by atoms with Gasteiger partial charge in [0, 0.05) is 13.2 Å². The molecule has 1 unspecified atom stereocenters. The minimum Gasteiger partial charge on any atom is -0.396 e. The average molecular weight is 331 g/mol. The first-order valence-electron chi connectivity index (χ1n) is 8.00. The van der Waals surface area contributed by atoms with Crippen LogP contribution in [0.2, 0.25) is 0 Å². The summed E-state index contributed by atoms with van der Waals surface area (Å²) in [5, 5.41) is 18.4. The van der Waals surface area contributed by atoms with Crippen LogP contribution in [0.25, 0.3) is 0 Å².